The summed E-state index contributed by atoms with van der Waals surface area (Å²) in [5.41, 5.74) is -1.06. The quantitative estimate of drug-likeness (QED) is 0.138. The number of likely N-dealkylation sites (N-methyl/N-ethyl adjacent to an activating group) is 7. The molecule has 2 heterocycles. The molecule has 30 heteroatoms. The van der Waals surface area contributed by atoms with E-state index in [4.69, 9.17) is 16.3 Å². The average Bonchev–Trinajstić information content (AvgIpc) is 0.987. The van der Waals surface area contributed by atoms with Gasteiger partial charge in [-0.05, 0) is 106 Å². The van der Waals surface area contributed by atoms with Crippen LogP contribution in [0.1, 0.15) is 109 Å². The van der Waals surface area contributed by atoms with Gasteiger partial charge in [0, 0.05) is 80.3 Å². The molecule has 0 spiro atoms. The summed E-state index contributed by atoms with van der Waals surface area (Å²) in [4.78, 5) is 185. The number of ether oxygens (including phenoxy) is 1. The third kappa shape index (κ3) is 24.5. The van der Waals surface area contributed by atoms with Crippen LogP contribution in [0.2, 0.25) is 5.02 Å². The van der Waals surface area contributed by atoms with Gasteiger partial charge in [0.2, 0.25) is 70.9 Å². The van der Waals surface area contributed by atoms with Crippen LogP contribution in [0.3, 0.4) is 0 Å². The second-order valence-electron chi connectivity index (χ2n) is 27.8. The lowest BCUT2D eigenvalue weighted by atomic mass is 9.97. The van der Waals surface area contributed by atoms with Gasteiger partial charge in [0.1, 0.15) is 48.3 Å². The molecule has 562 valence electrons. The van der Waals surface area contributed by atoms with Crippen LogP contribution in [0.5, 0.6) is 0 Å². The standard InChI is InChI=1S/C72H102ClF3N12O14/c1-15-45(4)62-70(100)83(10)40-60(91)81(8)41-61(92)85(12)56(37-49-25-30-51(73)31-26-49)68(98)82(9)39-58(89)77-52(32-27-47-23-28-50(29-24-47)72(74,75)76)64(94)79-54(42-102-43-71(6,7)101)66(96)87(14)57(36-48-21-17-16-18-22-48)69(99)86(13)55(35-44(2)3)65(95)78-53(67(97)88-33-19-20-34-88)38-59(90)84(11)46(5)63(93)80-62/h16-18,21-26,28-31,44-46,52-57,62,101H,15,19-20,27,32-43H2,1-14H3,(H,77,89)(H,78,95)(H,79,94)(H,80,93)/t45-,46-,52-,53?,54-,55-,56-,57-,62-/m0/s1. The fraction of sp³-hybridized carbons (Fsp3) is 0.583. The maximum Gasteiger partial charge on any atom is 0.416 e. The zero-order valence-corrected chi connectivity index (χ0v) is 61.7. The van der Waals surface area contributed by atoms with Crippen molar-refractivity contribution in [3.8, 4) is 0 Å². The van der Waals surface area contributed by atoms with E-state index in [0.29, 0.717) is 54.1 Å². The van der Waals surface area contributed by atoms with E-state index >= 15 is 19.2 Å². The smallest absolute Gasteiger partial charge is 0.388 e. The number of likely N-dealkylation sites (tertiary alicyclic amines) is 1. The molecule has 0 aromatic heterocycles. The SMILES string of the molecule is CC[C@H](C)[C@@H]1NC(=O)[C@H](C)N(C)C(=O)CC(C(=O)N2CCCC2)NC(=O)[C@H](CC(C)C)N(C)C(=O)[C@H](Cc2ccccc2)N(C)C(=O)[C@H](COCC(C)(C)O)NC(=O)[C@H](CCc2ccc(C(F)(F)F)cc2)NC(=O)CN(C)C(=O)[C@H](Cc2ccc(Cl)cc2)N(C)C(=O)CN(C)C(=O)CN(C)C1=O. The van der Waals surface area contributed by atoms with Gasteiger partial charge in [-0.15, -0.1) is 0 Å². The maximum absolute atomic E-state index is 15.5. The number of halogens is 4. The Labute approximate surface area is 600 Å². The number of amides is 12. The van der Waals surface area contributed by atoms with E-state index in [2.05, 4.69) is 21.3 Å². The van der Waals surface area contributed by atoms with Crippen molar-refractivity contribution < 1.29 is 80.5 Å². The summed E-state index contributed by atoms with van der Waals surface area (Å²) in [6.07, 6.45) is -4.50. The molecule has 5 rings (SSSR count). The van der Waals surface area contributed by atoms with E-state index in [1.165, 1.54) is 87.1 Å². The lowest BCUT2D eigenvalue weighted by Gasteiger charge is -2.37. The number of carbonyl (C=O) groups is 12. The fourth-order valence-electron chi connectivity index (χ4n) is 11.7. The Morgan fingerprint density at radius 1 is 0.598 bits per heavy atom. The highest BCUT2D eigenvalue weighted by atomic mass is 35.5. The molecule has 2 aliphatic heterocycles. The number of carbonyl (C=O) groups excluding carboxylic acids is 12. The minimum absolute atomic E-state index is 0.0106. The molecule has 12 amide bonds. The first kappa shape index (κ1) is 84.0. The molecular formula is C72H102ClF3N12O14. The molecular weight excluding hydrogens is 1350 g/mol. The number of aliphatic hydroxyl groups is 1. The number of nitrogens with one attached hydrogen (secondary N) is 4. The highest BCUT2D eigenvalue weighted by Gasteiger charge is 2.42. The van der Waals surface area contributed by atoms with Crippen LogP contribution in [0.15, 0.2) is 78.9 Å². The average molecular weight is 1450 g/mol. The van der Waals surface area contributed by atoms with Crippen molar-refractivity contribution in [2.24, 2.45) is 11.8 Å². The molecule has 3 aromatic carbocycles. The first-order valence-corrected chi connectivity index (χ1v) is 34.6. The van der Waals surface area contributed by atoms with Crippen molar-refractivity contribution in [1.29, 1.82) is 0 Å². The molecule has 0 aliphatic carbocycles. The van der Waals surface area contributed by atoms with Crippen molar-refractivity contribution in [3.63, 3.8) is 0 Å². The van der Waals surface area contributed by atoms with Crippen molar-refractivity contribution in [2.75, 3.05) is 95.3 Å². The Morgan fingerprint density at radius 3 is 1.72 bits per heavy atom. The molecule has 2 saturated heterocycles. The number of alkyl halides is 3. The molecule has 1 unspecified atom stereocenters. The van der Waals surface area contributed by atoms with Crippen molar-refractivity contribution >= 4 is 82.5 Å². The van der Waals surface area contributed by atoms with Gasteiger partial charge in [0.25, 0.3) is 0 Å². The molecule has 0 bridgehead atoms. The number of hydrogen-bond acceptors (Lipinski definition) is 14. The van der Waals surface area contributed by atoms with E-state index in [1.807, 2.05) is 0 Å². The Kier molecular flexibility index (Phi) is 31.3. The molecule has 3 aromatic rings. The lowest BCUT2D eigenvalue weighted by molar-refractivity contribution is -0.151. The minimum atomic E-state index is -4.68. The summed E-state index contributed by atoms with van der Waals surface area (Å²) < 4.78 is 47.1. The second kappa shape index (κ2) is 38.0. The van der Waals surface area contributed by atoms with E-state index < -0.39 is 182 Å². The second-order valence-corrected chi connectivity index (χ2v) is 28.3. The zero-order valence-electron chi connectivity index (χ0n) is 60.9. The van der Waals surface area contributed by atoms with Crippen LogP contribution in [0.4, 0.5) is 13.2 Å². The van der Waals surface area contributed by atoms with E-state index in [-0.39, 0.29) is 38.0 Å². The number of benzene rings is 3. The highest BCUT2D eigenvalue weighted by molar-refractivity contribution is 6.30. The fourth-order valence-corrected chi connectivity index (χ4v) is 11.9. The van der Waals surface area contributed by atoms with E-state index in [9.17, 15) is 56.6 Å². The first-order chi connectivity index (χ1) is 47.7. The van der Waals surface area contributed by atoms with Gasteiger partial charge in [-0.2, -0.15) is 13.2 Å². The minimum Gasteiger partial charge on any atom is -0.388 e. The van der Waals surface area contributed by atoms with Gasteiger partial charge in [0.05, 0.1) is 50.4 Å². The van der Waals surface area contributed by atoms with Gasteiger partial charge >= 0.3 is 6.18 Å². The monoisotopic (exact) mass is 1450 g/mol. The zero-order chi connectivity index (χ0) is 76.2. The van der Waals surface area contributed by atoms with Gasteiger partial charge in [-0.25, -0.2) is 0 Å². The Balaban J connectivity index is 1.66. The van der Waals surface area contributed by atoms with Crippen LogP contribution in [-0.2, 0) is 87.7 Å². The predicted molar refractivity (Wildman–Crippen MR) is 374 cm³/mol. The van der Waals surface area contributed by atoms with Crippen LogP contribution in [-0.4, -0.2) is 264 Å². The van der Waals surface area contributed by atoms with Gasteiger partial charge in [0.15, 0.2) is 0 Å². The van der Waals surface area contributed by atoms with E-state index in [1.54, 1.807) is 82.3 Å². The van der Waals surface area contributed by atoms with Crippen molar-refractivity contribution in [2.45, 2.75) is 166 Å². The number of rotatable bonds is 16. The third-order valence-corrected chi connectivity index (χ3v) is 18.8. The number of aryl methyl sites for hydroxylation is 1. The Hall–Kier alpha value is -8.70. The van der Waals surface area contributed by atoms with Crippen LogP contribution in [0, 0.1) is 11.8 Å². The van der Waals surface area contributed by atoms with Crippen LogP contribution in [0.25, 0.3) is 0 Å². The Bertz CT molecular complexity index is 3410. The Morgan fingerprint density at radius 2 is 1.15 bits per heavy atom. The molecule has 2 fully saturated rings. The molecule has 0 radical (unpaired) electrons. The first-order valence-electron chi connectivity index (χ1n) is 34.3. The van der Waals surface area contributed by atoms with Gasteiger partial charge in [-0.3, -0.25) is 57.5 Å². The van der Waals surface area contributed by atoms with Crippen molar-refractivity contribution in [1.82, 2.24) is 60.5 Å². The number of hydrogen-bond donors (Lipinski definition) is 5. The summed E-state index contributed by atoms with van der Waals surface area (Å²) in [7, 11) is 9.18. The highest BCUT2D eigenvalue weighted by Crippen LogP contribution is 2.30. The predicted octanol–water partition coefficient (Wildman–Crippen LogP) is 3.32. The lowest BCUT2D eigenvalue weighted by Crippen LogP contribution is -2.61. The van der Waals surface area contributed by atoms with E-state index in [0.717, 1.165) is 46.4 Å². The van der Waals surface area contributed by atoms with Gasteiger partial charge < -0.3 is 70.3 Å². The van der Waals surface area contributed by atoms with Crippen LogP contribution < -0.4 is 21.3 Å². The maximum atomic E-state index is 15.5. The molecule has 0 saturated carbocycles. The largest absolute Gasteiger partial charge is 0.416 e. The normalized spacial score (nSPS) is 23.4. The summed E-state index contributed by atoms with van der Waals surface area (Å²) >= 11 is 6.22. The summed E-state index contributed by atoms with van der Waals surface area (Å²) in [5, 5.41) is 21.9. The van der Waals surface area contributed by atoms with Crippen LogP contribution >= 0.6 is 11.6 Å². The summed E-state index contributed by atoms with van der Waals surface area (Å²) in [6, 6.07) is 7.35. The van der Waals surface area contributed by atoms with Gasteiger partial charge in [-0.1, -0.05) is 100 Å². The topological polar surface area (TPSA) is 308 Å². The molecule has 26 nitrogen and oxygen atoms in total. The molecule has 5 N–H and O–H groups in total. The van der Waals surface area contributed by atoms with Crippen molar-refractivity contribution in [3.05, 3.63) is 106 Å². The molecule has 102 heavy (non-hydrogen) atoms. The molecule has 2 aliphatic rings. The third-order valence-electron chi connectivity index (χ3n) is 18.5. The summed E-state index contributed by atoms with van der Waals surface area (Å²) in [6.45, 7) is 8.93. The molecule has 9 atom stereocenters. The summed E-state index contributed by atoms with van der Waals surface area (Å²) in [5.74, 6) is -10.5. The number of nitrogens with zero attached hydrogens (tertiary/aromatic N) is 8.